The van der Waals surface area contributed by atoms with Crippen molar-refractivity contribution in [2.24, 2.45) is 0 Å². The zero-order valence-corrected chi connectivity index (χ0v) is 11.5. The fourth-order valence-corrected chi connectivity index (χ4v) is 3.12. The van der Waals surface area contributed by atoms with Gasteiger partial charge >= 0.3 is 0 Å². The van der Waals surface area contributed by atoms with Gasteiger partial charge in [-0.3, -0.25) is 0 Å². The topological polar surface area (TPSA) is 41.5 Å². The van der Waals surface area contributed by atoms with E-state index in [1.807, 2.05) is 25.6 Å². The molecule has 0 radical (unpaired) electrons. The Balaban J connectivity index is 2.05. The Bertz CT molecular complexity index is 193. The highest BCUT2D eigenvalue weighted by atomic mass is 32.2. The van der Waals surface area contributed by atoms with Crippen LogP contribution in [0.3, 0.4) is 0 Å². The maximum absolute atomic E-state index is 9.66. The van der Waals surface area contributed by atoms with Gasteiger partial charge in [-0.2, -0.15) is 11.8 Å². The Morgan fingerprint density at radius 2 is 2.25 bits per heavy atom. The van der Waals surface area contributed by atoms with Gasteiger partial charge in [0.1, 0.15) is 0 Å². The van der Waals surface area contributed by atoms with Crippen molar-refractivity contribution in [2.75, 3.05) is 25.4 Å². The van der Waals surface area contributed by atoms with Crippen LogP contribution in [-0.4, -0.2) is 47.5 Å². The highest BCUT2D eigenvalue weighted by Crippen LogP contribution is 2.36. The summed E-state index contributed by atoms with van der Waals surface area (Å²) in [6.45, 7) is 8.30. The molecule has 3 nitrogen and oxygen atoms in total. The predicted molar refractivity (Wildman–Crippen MR) is 70.1 cm³/mol. The van der Waals surface area contributed by atoms with E-state index in [1.54, 1.807) is 0 Å². The van der Waals surface area contributed by atoms with E-state index in [0.29, 0.717) is 17.9 Å². The molecule has 1 aliphatic rings. The molecule has 0 aromatic carbocycles. The van der Waals surface area contributed by atoms with Crippen molar-refractivity contribution in [1.82, 2.24) is 5.32 Å². The first-order valence-corrected chi connectivity index (χ1v) is 7.15. The van der Waals surface area contributed by atoms with Crippen LogP contribution in [-0.2, 0) is 4.74 Å². The number of hydrogen-bond acceptors (Lipinski definition) is 4. The minimum absolute atomic E-state index is 0.192. The molecule has 2 unspecified atom stereocenters. The molecule has 96 valence electrons. The highest BCUT2D eigenvalue weighted by molar-refractivity contribution is 8.00. The lowest BCUT2D eigenvalue weighted by Gasteiger charge is -2.24. The third-order valence-electron chi connectivity index (χ3n) is 2.80. The van der Waals surface area contributed by atoms with Gasteiger partial charge in [0, 0.05) is 17.8 Å². The molecule has 1 saturated heterocycles. The van der Waals surface area contributed by atoms with Crippen LogP contribution in [0.4, 0.5) is 0 Å². The van der Waals surface area contributed by atoms with E-state index in [-0.39, 0.29) is 6.10 Å². The van der Waals surface area contributed by atoms with Gasteiger partial charge < -0.3 is 15.2 Å². The molecule has 0 aromatic heterocycles. The first kappa shape index (κ1) is 14.3. The van der Waals surface area contributed by atoms with Crippen molar-refractivity contribution < 1.29 is 9.84 Å². The predicted octanol–water partition coefficient (Wildman–Crippen LogP) is 1.65. The van der Waals surface area contributed by atoms with Crippen LogP contribution in [0.2, 0.25) is 0 Å². The second kappa shape index (κ2) is 6.84. The monoisotopic (exact) mass is 247 g/mol. The Labute approximate surface area is 103 Å². The van der Waals surface area contributed by atoms with Crippen molar-refractivity contribution in [3.05, 3.63) is 0 Å². The van der Waals surface area contributed by atoms with Crippen molar-refractivity contribution in [3.63, 3.8) is 0 Å². The number of ether oxygens (including phenoxy) is 1. The van der Waals surface area contributed by atoms with Crippen LogP contribution in [0.5, 0.6) is 0 Å². The Morgan fingerprint density at radius 1 is 1.50 bits per heavy atom. The molecule has 0 aromatic rings. The van der Waals surface area contributed by atoms with Gasteiger partial charge in [0.25, 0.3) is 0 Å². The first-order chi connectivity index (χ1) is 7.52. The molecule has 0 spiro atoms. The normalized spacial score (nSPS) is 27.6. The Kier molecular flexibility index (Phi) is 6.11. The molecule has 1 rings (SSSR count). The lowest BCUT2D eigenvalue weighted by atomic mass is 10.1. The van der Waals surface area contributed by atoms with Gasteiger partial charge in [0.15, 0.2) is 0 Å². The van der Waals surface area contributed by atoms with E-state index in [4.69, 9.17) is 4.74 Å². The smallest absolute Gasteiger partial charge is 0.0897 e. The number of rotatable bonds is 7. The second-order valence-electron chi connectivity index (χ2n) is 5.07. The average molecular weight is 247 g/mol. The molecule has 4 heteroatoms. The van der Waals surface area contributed by atoms with Gasteiger partial charge in [-0.05, 0) is 39.4 Å². The van der Waals surface area contributed by atoms with Crippen LogP contribution in [0, 0.1) is 0 Å². The maximum Gasteiger partial charge on any atom is 0.0897 e. The summed E-state index contributed by atoms with van der Waals surface area (Å²) in [5, 5.41) is 13.0. The van der Waals surface area contributed by atoms with E-state index in [1.165, 1.54) is 18.6 Å². The molecule has 0 bridgehead atoms. The standard InChI is InChI=1S/C12H25NO2S/c1-10(2)15-8-11(14)7-13-9-12(3)5-4-6-16-12/h10-11,13-14H,4-9H2,1-3H3. The molecule has 16 heavy (non-hydrogen) atoms. The molecular formula is C12H25NO2S. The lowest BCUT2D eigenvalue weighted by molar-refractivity contribution is 0.00631. The number of thioether (sulfide) groups is 1. The van der Waals surface area contributed by atoms with Crippen molar-refractivity contribution in [1.29, 1.82) is 0 Å². The minimum atomic E-state index is -0.391. The SMILES string of the molecule is CC(C)OCC(O)CNCC1(C)CCCS1. The summed E-state index contributed by atoms with van der Waals surface area (Å²) in [7, 11) is 0. The average Bonchev–Trinajstić information content (AvgIpc) is 2.62. The quantitative estimate of drug-likeness (QED) is 0.718. The Hall–Kier alpha value is 0.230. The van der Waals surface area contributed by atoms with Crippen LogP contribution in [0.1, 0.15) is 33.6 Å². The summed E-state index contributed by atoms with van der Waals surface area (Å²) in [6, 6.07) is 0. The molecule has 0 saturated carbocycles. The van der Waals surface area contributed by atoms with Crippen LogP contribution in [0.25, 0.3) is 0 Å². The number of hydrogen-bond donors (Lipinski definition) is 2. The van der Waals surface area contributed by atoms with Gasteiger partial charge in [-0.1, -0.05) is 0 Å². The summed E-state index contributed by atoms with van der Waals surface area (Å²) >= 11 is 2.04. The third kappa shape index (κ3) is 5.53. The minimum Gasteiger partial charge on any atom is -0.389 e. The van der Waals surface area contributed by atoms with E-state index in [0.717, 1.165) is 6.54 Å². The first-order valence-electron chi connectivity index (χ1n) is 6.16. The van der Waals surface area contributed by atoms with Crippen molar-refractivity contribution in [2.45, 2.75) is 50.6 Å². The van der Waals surface area contributed by atoms with Gasteiger partial charge in [0.2, 0.25) is 0 Å². The molecule has 1 heterocycles. The number of aliphatic hydroxyl groups excluding tert-OH is 1. The molecule has 2 N–H and O–H groups in total. The van der Waals surface area contributed by atoms with Crippen LogP contribution in [0.15, 0.2) is 0 Å². The van der Waals surface area contributed by atoms with Crippen molar-refractivity contribution in [3.8, 4) is 0 Å². The summed E-state index contributed by atoms with van der Waals surface area (Å²) in [5.74, 6) is 1.27. The zero-order chi connectivity index (χ0) is 12.0. The van der Waals surface area contributed by atoms with E-state index in [2.05, 4.69) is 12.2 Å². The molecule has 0 aliphatic carbocycles. The van der Waals surface area contributed by atoms with Gasteiger partial charge in [-0.15, -0.1) is 0 Å². The number of aliphatic hydroxyl groups is 1. The van der Waals surface area contributed by atoms with E-state index >= 15 is 0 Å². The molecule has 2 atom stereocenters. The lowest BCUT2D eigenvalue weighted by Crippen LogP contribution is -2.38. The zero-order valence-electron chi connectivity index (χ0n) is 10.7. The summed E-state index contributed by atoms with van der Waals surface area (Å²) < 4.78 is 5.73. The Morgan fingerprint density at radius 3 is 2.81 bits per heavy atom. The van der Waals surface area contributed by atoms with E-state index in [9.17, 15) is 5.11 Å². The summed E-state index contributed by atoms with van der Waals surface area (Å²) in [5.41, 5.74) is 0. The fourth-order valence-electron chi connectivity index (χ4n) is 1.84. The van der Waals surface area contributed by atoms with Crippen LogP contribution < -0.4 is 5.32 Å². The molecule has 0 amide bonds. The summed E-state index contributed by atoms with van der Waals surface area (Å²) in [6.07, 6.45) is 2.40. The van der Waals surface area contributed by atoms with E-state index < -0.39 is 6.10 Å². The van der Waals surface area contributed by atoms with Crippen molar-refractivity contribution >= 4 is 11.8 Å². The highest BCUT2D eigenvalue weighted by Gasteiger charge is 2.28. The summed E-state index contributed by atoms with van der Waals surface area (Å²) in [4.78, 5) is 0. The largest absolute Gasteiger partial charge is 0.389 e. The third-order valence-corrected chi connectivity index (χ3v) is 4.34. The molecule has 1 aliphatic heterocycles. The molecular weight excluding hydrogens is 222 g/mol. The van der Waals surface area contributed by atoms with Crippen LogP contribution >= 0.6 is 11.8 Å². The second-order valence-corrected chi connectivity index (χ2v) is 6.75. The maximum atomic E-state index is 9.66. The van der Waals surface area contributed by atoms with Gasteiger partial charge in [-0.25, -0.2) is 0 Å². The number of nitrogens with one attached hydrogen (secondary N) is 1. The fraction of sp³-hybridized carbons (Fsp3) is 1.00. The molecule has 1 fully saturated rings. The van der Waals surface area contributed by atoms with Gasteiger partial charge in [0.05, 0.1) is 18.8 Å².